The lowest BCUT2D eigenvalue weighted by Gasteiger charge is -2.15. The normalized spacial score (nSPS) is 18.3. The maximum atomic E-state index is 12.4. The highest BCUT2D eigenvalue weighted by Gasteiger charge is 2.40. The van der Waals surface area contributed by atoms with Gasteiger partial charge in [0.2, 0.25) is 11.8 Å². The number of carbonyl (C=O) groups excluding carboxylic acids is 3. The molecule has 0 spiro atoms. The monoisotopic (exact) mass is 391 g/mol. The Morgan fingerprint density at radius 3 is 2.62 bits per heavy atom. The molecule has 1 heterocycles. The largest absolute Gasteiger partial charge is 1.00 e. The van der Waals surface area contributed by atoms with Crippen LogP contribution in [0.2, 0.25) is 5.02 Å². The van der Waals surface area contributed by atoms with Crippen molar-refractivity contribution in [1.82, 2.24) is 0 Å². The van der Waals surface area contributed by atoms with Gasteiger partial charge in [-0.15, -0.1) is 11.8 Å². The molecular weight excluding hydrogens is 375 g/mol. The first-order valence-electron chi connectivity index (χ1n) is 7.10. The number of ether oxygens (including phenoxy) is 1. The summed E-state index contributed by atoms with van der Waals surface area (Å²) in [5.41, 5.74) is 6.19. The third-order valence-electron chi connectivity index (χ3n) is 3.26. The number of rotatable bonds is 6. The molecule has 0 radical (unpaired) electrons. The van der Waals surface area contributed by atoms with Crippen LogP contribution in [-0.4, -0.2) is 41.4 Å². The molecule has 1 saturated heterocycles. The molecule has 24 heavy (non-hydrogen) atoms. The predicted octanol–water partition coefficient (Wildman–Crippen LogP) is -1.40. The number of hydrogen-bond acceptors (Lipinski definition) is 6. The van der Waals surface area contributed by atoms with E-state index in [0.717, 1.165) is 4.90 Å². The number of hydrogen-bond donors (Lipinski definition) is 1. The van der Waals surface area contributed by atoms with Crippen LogP contribution in [-0.2, 0) is 19.1 Å². The zero-order valence-electron chi connectivity index (χ0n) is 12.9. The van der Waals surface area contributed by atoms with Crippen molar-refractivity contribution in [3.63, 3.8) is 0 Å². The summed E-state index contributed by atoms with van der Waals surface area (Å²) >= 11 is 7.01. The van der Waals surface area contributed by atoms with E-state index < -0.39 is 17.3 Å². The molecule has 0 aliphatic carbocycles. The van der Waals surface area contributed by atoms with Crippen LogP contribution in [0.25, 0.3) is 0 Å². The van der Waals surface area contributed by atoms with Crippen LogP contribution < -0.4 is 23.0 Å². The van der Waals surface area contributed by atoms with Gasteiger partial charge in [0, 0.05) is 17.2 Å². The van der Waals surface area contributed by atoms with E-state index >= 15 is 0 Å². The van der Waals surface area contributed by atoms with Gasteiger partial charge in [0.25, 0.3) is 0 Å². The first-order chi connectivity index (χ1) is 10.9. The van der Waals surface area contributed by atoms with E-state index in [0.29, 0.717) is 10.7 Å². The highest BCUT2D eigenvalue weighted by Crippen LogP contribution is 2.30. The smallest absolute Gasteiger partial charge is 0.323 e. The fraction of sp³-hybridized carbons (Fsp3) is 0.400. The lowest BCUT2D eigenvalue weighted by Crippen LogP contribution is -3.00. The molecule has 1 aromatic rings. The van der Waals surface area contributed by atoms with E-state index in [9.17, 15) is 14.4 Å². The third-order valence-corrected chi connectivity index (χ3v) is 4.83. The number of imide groups is 1. The van der Waals surface area contributed by atoms with Crippen molar-refractivity contribution in [2.45, 2.75) is 24.6 Å². The van der Waals surface area contributed by atoms with Crippen molar-refractivity contribution in [2.75, 3.05) is 17.3 Å². The number of nitrogens with zero attached hydrogens (tertiary/aromatic N) is 1. The summed E-state index contributed by atoms with van der Waals surface area (Å²) in [6, 6.07) is 5.67. The van der Waals surface area contributed by atoms with Crippen molar-refractivity contribution in [3.8, 4) is 0 Å². The molecule has 0 saturated carbocycles. The standard InChI is InChI=1S/C15H17ClN2O4S.ClH/c1-2-22-15(21)11(17)8-23-12-7-13(19)18(14(12)20)10-5-3-9(16)4-6-10;/h3-6,11-12H,2,7-8,17H2,1H3;1H/p-1. The fourth-order valence-electron chi connectivity index (χ4n) is 2.13. The summed E-state index contributed by atoms with van der Waals surface area (Å²) in [4.78, 5) is 37.1. The molecule has 0 bridgehead atoms. The Morgan fingerprint density at radius 1 is 1.42 bits per heavy atom. The van der Waals surface area contributed by atoms with Crippen LogP contribution in [0.5, 0.6) is 0 Å². The SMILES string of the molecule is CCOC(=O)C(N)CSC1CC(=O)N(c2ccc(Cl)cc2)C1=O.[Cl-]. The Kier molecular flexibility index (Phi) is 8.02. The van der Waals surface area contributed by atoms with Crippen LogP contribution in [0.1, 0.15) is 13.3 Å². The maximum Gasteiger partial charge on any atom is 0.323 e. The van der Waals surface area contributed by atoms with Gasteiger partial charge in [-0.2, -0.15) is 0 Å². The lowest BCUT2D eigenvalue weighted by atomic mass is 10.3. The summed E-state index contributed by atoms with van der Waals surface area (Å²) in [5, 5.41) is -0.0159. The molecule has 132 valence electrons. The molecule has 2 rings (SSSR count). The van der Waals surface area contributed by atoms with E-state index in [4.69, 9.17) is 22.1 Å². The molecule has 2 amide bonds. The van der Waals surface area contributed by atoms with E-state index in [1.165, 1.54) is 11.8 Å². The molecule has 1 aliphatic rings. The van der Waals surface area contributed by atoms with Crippen molar-refractivity contribution >= 4 is 46.8 Å². The zero-order valence-corrected chi connectivity index (χ0v) is 15.2. The van der Waals surface area contributed by atoms with Gasteiger partial charge in [-0.3, -0.25) is 14.4 Å². The Morgan fingerprint density at radius 2 is 2.04 bits per heavy atom. The molecule has 9 heteroatoms. The van der Waals surface area contributed by atoms with Gasteiger partial charge in [0.1, 0.15) is 6.04 Å². The third kappa shape index (κ3) is 4.86. The van der Waals surface area contributed by atoms with Gasteiger partial charge >= 0.3 is 5.97 Å². The zero-order chi connectivity index (χ0) is 17.0. The number of amides is 2. The molecule has 2 unspecified atom stereocenters. The van der Waals surface area contributed by atoms with Crippen molar-refractivity contribution < 1.29 is 31.5 Å². The second-order valence-corrected chi connectivity index (χ2v) is 6.60. The van der Waals surface area contributed by atoms with E-state index in [2.05, 4.69) is 0 Å². The van der Waals surface area contributed by atoms with Gasteiger partial charge in [-0.1, -0.05) is 11.6 Å². The average molecular weight is 392 g/mol. The summed E-state index contributed by atoms with van der Waals surface area (Å²) in [5.74, 6) is -0.874. The van der Waals surface area contributed by atoms with E-state index in [1.807, 2.05) is 0 Å². The van der Waals surface area contributed by atoms with Crippen LogP contribution in [0, 0.1) is 0 Å². The second-order valence-electron chi connectivity index (χ2n) is 4.93. The van der Waals surface area contributed by atoms with Gasteiger partial charge in [-0.05, 0) is 31.2 Å². The summed E-state index contributed by atoms with van der Waals surface area (Å²) in [7, 11) is 0. The van der Waals surface area contributed by atoms with Crippen LogP contribution in [0.15, 0.2) is 24.3 Å². The lowest BCUT2D eigenvalue weighted by molar-refractivity contribution is -0.144. The first-order valence-corrected chi connectivity index (χ1v) is 8.53. The van der Waals surface area contributed by atoms with Crippen molar-refractivity contribution in [1.29, 1.82) is 0 Å². The highest BCUT2D eigenvalue weighted by atomic mass is 35.5. The van der Waals surface area contributed by atoms with Gasteiger partial charge < -0.3 is 22.9 Å². The molecular formula is C15H17Cl2N2O4S-. The molecule has 6 nitrogen and oxygen atoms in total. The predicted molar refractivity (Wildman–Crippen MR) is 89.4 cm³/mol. The quantitative estimate of drug-likeness (QED) is 0.473. The summed E-state index contributed by atoms with van der Waals surface area (Å²) < 4.78 is 4.82. The number of benzene rings is 1. The summed E-state index contributed by atoms with van der Waals surface area (Å²) in [6.07, 6.45) is 0.0850. The Hall–Kier alpha value is -1.28. The minimum atomic E-state index is -0.813. The number of thioether (sulfide) groups is 1. The number of nitrogens with two attached hydrogens (primary N) is 1. The number of esters is 1. The van der Waals surface area contributed by atoms with Crippen LogP contribution >= 0.6 is 23.4 Å². The molecule has 1 aromatic carbocycles. The van der Waals surface area contributed by atoms with Crippen LogP contribution in [0.4, 0.5) is 5.69 Å². The fourth-order valence-corrected chi connectivity index (χ4v) is 3.34. The topological polar surface area (TPSA) is 89.7 Å². The van der Waals surface area contributed by atoms with Crippen molar-refractivity contribution in [3.05, 3.63) is 29.3 Å². The number of halogens is 2. The van der Waals surface area contributed by atoms with E-state index in [1.54, 1.807) is 31.2 Å². The molecule has 0 aromatic heterocycles. The Bertz CT molecular complexity index is 612. The molecule has 2 atom stereocenters. The minimum Gasteiger partial charge on any atom is -1.00 e. The minimum absolute atomic E-state index is 0. The number of anilines is 1. The van der Waals surface area contributed by atoms with Gasteiger partial charge in [0.05, 0.1) is 17.5 Å². The van der Waals surface area contributed by atoms with Crippen molar-refractivity contribution in [2.24, 2.45) is 5.73 Å². The Labute approximate surface area is 155 Å². The van der Waals surface area contributed by atoms with Gasteiger partial charge in [-0.25, -0.2) is 4.90 Å². The van der Waals surface area contributed by atoms with E-state index in [-0.39, 0.29) is 43.0 Å². The first kappa shape index (κ1) is 20.8. The highest BCUT2D eigenvalue weighted by molar-refractivity contribution is 8.00. The molecule has 1 aliphatic heterocycles. The molecule has 1 fully saturated rings. The number of carbonyl (C=O) groups is 3. The maximum absolute atomic E-state index is 12.4. The average Bonchev–Trinajstić information content (AvgIpc) is 2.80. The molecule has 2 N–H and O–H groups in total. The van der Waals surface area contributed by atoms with Crippen LogP contribution in [0.3, 0.4) is 0 Å². The summed E-state index contributed by atoms with van der Waals surface area (Å²) in [6.45, 7) is 1.95. The Balaban J connectivity index is 0.00000288. The second kappa shape index (κ2) is 9.27. The van der Waals surface area contributed by atoms with Gasteiger partial charge in [0.15, 0.2) is 0 Å².